The number of morpholine rings is 1. The van der Waals surface area contributed by atoms with Crippen molar-refractivity contribution < 1.29 is 9.84 Å². The van der Waals surface area contributed by atoms with Gasteiger partial charge >= 0.3 is 0 Å². The van der Waals surface area contributed by atoms with Crippen LogP contribution in [0.4, 0.5) is 23.1 Å². The topological polar surface area (TPSA) is 102 Å². The van der Waals surface area contributed by atoms with Crippen molar-refractivity contribution in [3.05, 3.63) is 30.6 Å². The van der Waals surface area contributed by atoms with E-state index in [-0.39, 0.29) is 12.6 Å². The molecule has 1 atom stereocenters. The number of aliphatic hydroxyl groups is 1. The Labute approximate surface area is 168 Å². The average Bonchev–Trinajstić information content (AvgIpc) is 3.44. The van der Waals surface area contributed by atoms with Gasteiger partial charge < -0.3 is 29.9 Å². The van der Waals surface area contributed by atoms with E-state index >= 15 is 0 Å². The largest absolute Gasteiger partial charge is 0.394 e. The number of aromatic nitrogens is 4. The van der Waals surface area contributed by atoms with Gasteiger partial charge in [-0.05, 0) is 37.1 Å². The number of ether oxygens (including phenoxy) is 1. The number of benzene rings is 1. The molecule has 2 aliphatic heterocycles. The van der Waals surface area contributed by atoms with Crippen molar-refractivity contribution in [1.29, 1.82) is 0 Å². The number of aromatic amines is 1. The zero-order chi connectivity index (χ0) is 19.6. The second-order valence-corrected chi connectivity index (χ2v) is 7.42. The van der Waals surface area contributed by atoms with Gasteiger partial charge in [0, 0.05) is 31.0 Å². The lowest BCUT2D eigenvalue weighted by atomic mass is 10.2. The zero-order valence-corrected chi connectivity index (χ0v) is 16.2. The molecule has 29 heavy (non-hydrogen) atoms. The summed E-state index contributed by atoms with van der Waals surface area (Å²) in [6.07, 6.45) is 3.60. The van der Waals surface area contributed by atoms with Crippen LogP contribution in [0.5, 0.6) is 0 Å². The average molecular weight is 395 g/mol. The van der Waals surface area contributed by atoms with Gasteiger partial charge in [0.2, 0.25) is 5.95 Å². The van der Waals surface area contributed by atoms with E-state index < -0.39 is 0 Å². The van der Waals surface area contributed by atoms with E-state index in [1.54, 1.807) is 6.33 Å². The first-order chi connectivity index (χ1) is 14.3. The lowest BCUT2D eigenvalue weighted by molar-refractivity contribution is 0.122. The van der Waals surface area contributed by atoms with E-state index in [2.05, 4.69) is 54.3 Å². The SMILES string of the molecule is OCC1CCCN1c1nc(Nc2ccc(N3CCOCC3)cc2)c2[nH]cnc2n1. The van der Waals surface area contributed by atoms with Gasteiger partial charge in [0.1, 0.15) is 5.52 Å². The van der Waals surface area contributed by atoms with Crippen LogP contribution in [0.1, 0.15) is 12.8 Å². The Kier molecular flexibility index (Phi) is 4.91. The van der Waals surface area contributed by atoms with Crippen LogP contribution >= 0.6 is 0 Å². The van der Waals surface area contributed by atoms with Crippen molar-refractivity contribution in [3.8, 4) is 0 Å². The number of aliphatic hydroxyl groups excluding tert-OH is 1. The molecule has 4 heterocycles. The van der Waals surface area contributed by atoms with Crippen molar-refractivity contribution in [2.45, 2.75) is 18.9 Å². The minimum absolute atomic E-state index is 0.0621. The van der Waals surface area contributed by atoms with E-state index in [9.17, 15) is 5.11 Å². The Morgan fingerprint density at radius 1 is 1.14 bits per heavy atom. The first-order valence-corrected chi connectivity index (χ1v) is 10.1. The highest BCUT2D eigenvalue weighted by Crippen LogP contribution is 2.29. The van der Waals surface area contributed by atoms with Gasteiger partial charge in [-0.1, -0.05) is 0 Å². The third kappa shape index (κ3) is 3.58. The number of hydrogen-bond acceptors (Lipinski definition) is 8. The van der Waals surface area contributed by atoms with Gasteiger partial charge in [-0.2, -0.15) is 9.97 Å². The molecule has 0 saturated carbocycles. The summed E-state index contributed by atoms with van der Waals surface area (Å²) < 4.78 is 5.43. The second-order valence-electron chi connectivity index (χ2n) is 7.42. The molecular weight excluding hydrogens is 370 g/mol. The summed E-state index contributed by atoms with van der Waals surface area (Å²) in [7, 11) is 0. The maximum atomic E-state index is 9.66. The Bertz CT molecular complexity index is 969. The maximum Gasteiger partial charge on any atom is 0.229 e. The van der Waals surface area contributed by atoms with Crippen LogP contribution in [0.2, 0.25) is 0 Å². The zero-order valence-electron chi connectivity index (χ0n) is 16.2. The molecule has 2 aliphatic rings. The molecule has 152 valence electrons. The molecule has 0 spiro atoms. The van der Waals surface area contributed by atoms with Crippen LogP contribution in [0.3, 0.4) is 0 Å². The van der Waals surface area contributed by atoms with Crippen molar-refractivity contribution in [1.82, 2.24) is 19.9 Å². The summed E-state index contributed by atoms with van der Waals surface area (Å²) in [5.41, 5.74) is 3.52. The fourth-order valence-corrected chi connectivity index (χ4v) is 4.04. The number of nitrogens with zero attached hydrogens (tertiary/aromatic N) is 5. The molecule has 0 aliphatic carbocycles. The summed E-state index contributed by atoms with van der Waals surface area (Å²) >= 11 is 0. The molecule has 1 aromatic carbocycles. The normalized spacial score (nSPS) is 19.8. The Morgan fingerprint density at radius 3 is 2.76 bits per heavy atom. The lowest BCUT2D eigenvalue weighted by Gasteiger charge is -2.29. The van der Waals surface area contributed by atoms with Gasteiger partial charge in [-0.25, -0.2) is 4.98 Å². The van der Waals surface area contributed by atoms with Crippen LogP contribution in [-0.4, -0.2) is 70.5 Å². The summed E-state index contributed by atoms with van der Waals surface area (Å²) in [4.78, 5) is 21.2. The Hall–Kier alpha value is -2.91. The molecule has 2 aromatic heterocycles. The summed E-state index contributed by atoms with van der Waals surface area (Å²) in [6, 6.07) is 8.40. The fourth-order valence-electron chi connectivity index (χ4n) is 4.04. The lowest BCUT2D eigenvalue weighted by Crippen LogP contribution is -2.36. The third-order valence-corrected chi connectivity index (χ3v) is 5.62. The Balaban J connectivity index is 1.41. The van der Waals surface area contributed by atoms with E-state index in [1.165, 1.54) is 5.69 Å². The minimum atomic E-state index is 0.0621. The van der Waals surface area contributed by atoms with Crippen molar-refractivity contribution >= 4 is 34.3 Å². The smallest absolute Gasteiger partial charge is 0.229 e. The van der Waals surface area contributed by atoms with Crippen molar-refractivity contribution in [2.75, 3.05) is 54.6 Å². The predicted molar refractivity (Wildman–Crippen MR) is 112 cm³/mol. The first kappa shape index (κ1) is 18.1. The quantitative estimate of drug-likeness (QED) is 0.602. The van der Waals surface area contributed by atoms with Gasteiger partial charge in [-0.3, -0.25) is 0 Å². The molecule has 5 rings (SSSR count). The number of nitrogens with one attached hydrogen (secondary N) is 2. The minimum Gasteiger partial charge on any atom is -0.394 e. The van der Waals surface area contributed by atoms with Gasteiger partial charge in [0.25, 0.3) is 0 Å². The molecule has 3 N–H and O–H groups in total. The summed E-state index contributed by atoms with van der Waals surface area (Å²) in [5.74, 6) is 1.29. The highest BCUT2D eigenvalue weighted by molar-refractivity contribution is 5.86. The van der Waals surface area contributed by atoms with Crippen molar-refractivity contribution in [3.63, 3.8) is 0 Å². The number of rotatable bonds is 5. The predicted octanol–water partition coefficient (Wildman–Crippen LogP) is 1.89. The van der Waals surface area contributed by atoms with E-state index in [1.807, 2.05) is 0 Å². The molecular formula is C20H25N7O2. The third-order valence-electron chi connectivity index (χ3n) is 5.62. The number of imidazole rings is 1. The molecule has 0 radical (unpaired) electrons. The Morgan fingerprint density at radius 2 is 1.97 bits per heavy atom. The maximum absolute atomic E-state index is 9.66. The van der Waals surface area contributed by atoms with E-state index in [0.717, 1.165) is 56.9 Å². The van der Waals surface area contributed by atoms with Gasteiger partial charge in [0.15, 0.2) is 11.5 Å². The van der Waals surface area contributed by atoms with E-state index in [0.29, 0.717) is 17.4 Å². The molecule has 2 saturated heterocycles. The number of anilines is 4. The number of hydrogen-bond donors (Lipinski definition) is 3. The molecule has 0 bridgehead atoms. The first-order valence-electron chi connectivity index (χ1n) is 10.1. The molecule has 3 aromatic rings. The summed E-state index contributed by atoms with van der Waals surface area (Å²) in [5, 5.41) is 13.1. The van der Waals surface area contributed by atoms with Crippen LogP contribution < -0.4 is 15.1 Å². The fraction of sp³-hybridized carbons (Fsp3) is 0.450. The van der Waals surface area contributed by atoms with Gasteiger partial charge in [0.05, 0.1) is 32.2 Å². The molecule has 9 heteroatoms. The van der Waals surface area contributed by atoms with Crippen LogP contribution in [0.15, 0.2) is 30.6 Å². The summed E-state index contributed by atoms with van der Waals surface area (Å²) in [6.45, 7) is 4.32. The highest BCUT2D eigenvalue weighted by atomic mass is 16.5. The van der Waals surface area contributed by atoms with E-state index in [4.69, 9.17) is 9.72 Å². The second kappa shape index (κ2) is 7.84. The van der Waals surface area contributed by atoms with Crippen LogP contribution in [0.25, 0.3) is 11.2 Å². The van der Waals surface area contributed by atoms with Crippen molar-refractivity contribution in [2.24, 2.45) is 0 Å². The molecule has 2 fully saturated rings. The molecule has 1 unspecified atom stereocenters. The van der Waals surface area contributed by atoms with Crippen LogP contribution in [0, 0.1) is 0 Å². The van der Waals surface area contributed by atoms with Gasteiger partial charge in [-0.15, -0.1) is 0 Å². The highest BCUT2D eigenvalue weighted by Gasteiger charge is 2.27. The monoisotopic (exact) mass is 395 g/mol. The number of H-pyrrole nitrogens is 1. The number of fused-ring (bicyclic) bond motifs is 1. The standard InChI is InChI=1S/C20H25N7O2/c28-12-16-2-1-7-27(16)20-24-18-17(21-13-22-18)19(25-20)23-14-3-5-15(6-4-14)26-8-10-29-11-9-26/h3-6,13,16,28H,1-2,7-12H2,(H2,21,22,23,24,25). The molecule has 0 amide bonds. The van der Waals surface area contributed by atoms with Crippen LogP contribution in [-0.2, 0) is 4.74 Å². The molecule has 9 nitrogen and oxygen atoms in total.